The van der Waals surface area contributed by atoms with Gasteiger partial charge in [-0.25, -0.2) is 14.9 Å². The quantitative estimate of drug-likeness (QED) is 0.462. The van der Waals surface area contributed by atoms with Crippen molar-refractivity contribution in [2.24, 2.45) is 13.0 Å². The molecular weight excluding hydrogens is 390 g/mol. The van der Waals surface area contributed by atoms with Gasteiger partial charge in [0.15, 0.2) is 5.82 Å². The van der Waals surface area contributed by atoms with Gasteiger partial charge in [0, 0.05) is 30.1 Å². The molecule has 1 aliphatic carbocycles. The van der Waals surface area contributed by atoms with Gasteiger partial charge in [0.1, 0.15) is 17.2 Å². The summed E-state index contributed by atoms with van der Waals surface area (Å²) in [6.45, 7) is 0.671. The van der Waals surface area contributed by atoms with E-state index in [1.54, 1.807) is 4.57 Å². The van der Waals surface area contributed by atoms with Gasteiger partial charge in [0.2, 0.25) is 0 Å². The molecule has 8 heteroatoms. The zero-order chi connectivity index (χ0) is 20.9. The number of aromatic nitrogens is 7. The van der Waals surface area contributed by atoms with E-state index in [-0.39, 0.29) is 5.69 Å². The predicted molar refractivity (Wildman–Crippen MR) is 118 cm³/mol. The number of hydrogen-bond donors (Lipinski definition) is 2. The number of aromatic amines is 2. The van der Waals surface area contributed by atoms with Crippen LogP contribution in [0.25, 0.3) is 45.1 Å². The van der Waals surface area contributed by atoms with E-state index in [9.17, 15) is 4.79 Å². The molecule has 1 fully saturated rings. The summed E-state index contributed by atoms with van der Waals surface area (Å²) in [7, 11) is 1.92. The van der Waals surface area contributed by atoms with Crippen LogP contribution in [-0.2, 0) is 13.6 Å². The van der Waals surface area contributed by atoms with E-state index in [4.69, 9.17) is 4.98 Å². The van der Waals surface area contributed by atoms with Crippen LogP contribution in [0.5, 0.6) is 0 Å². The average molecular weight is 411 g/mol. The van der Waals surface area contributed by atoms with Crippen LogP contribution in [0.1, 0.15) is 12.8 Å². The molecule has 0 unspecified atom stereocenters. The lowest BCUT2D eigenvalue weighted by Crippen LogP contribution is -2.18. The minimum atomic E-state index is -0.189. The monoisotopic (exact) mass is 411 g/mol. The van der Waals surface area contributed by atoms with E-state index < -0.39 is 0 Å². The first-order valence-corrected chi connectivity index (χ1v) is 10.4. The first-order chi connectivity index (χ1) is 15.2. The average Bonchev–Trinajstić information content (AvgIpc) is 3.22. The Morgan fingerprint density at radius 3 is 2.74 bits per heavy atom. The number of nitrogens with one attached hydrogen (secondary N) is 2. The summed E-state index contributed by atoms with van der Waals surface area (Å²) in [5, 5.41) is 12.4. The van der Waals surface area contributed by atoms with E-state index in [2.05, 4.69) is 26.3 Å². The zero-order valence-corrected chi connectivity index (χ0v) is 17.0. The number of rotatable bonds is 5. The number of fused-ring (bicyclic) bond motifs is 1. The number of H-pyrrole nitrogens is 2. The van der Waals surface area contributed by atoms with Gasteiger partial charge in [-0.15, -0.1) is 0 Å². The van der Waals surface area contributed by atoms with Crippen molar-refractivity contribution in [3.8, 4) is 34.2 Å². The Bertz CT molecular complexity index is 1450. The van der Waals surface area contributed by atoms with Crippen LogP contribution in [0.3, 0.4) is 0 Å². The van der Waals surface area contributed by atoms with E-state index in [1.165, 1.54) is 0 Å². The maximum Gasteiger partial charge on any atom is 0.343 e. The van der Waals surface area contributed by atoms with E-state index >= 15 is 0 Å². The first-order valence-electron chi connectivity index (χ1n) is 10.4. The van der Waals surface area contributed by atoms with Gasteiger partial charge in [0.25, 0.3) is 0 Å². The summed E-state index contributed by atoms with van der Waals surface area (Å²) in [5.74, 6) is 1.87. The van der Waals surface area contributed by atoms with Crippen LogP contribution in [-0.4, -0.2) is 34.5 Å². The summed E-state index contributed by atoms with van der Waals surface area (Å²) >= 11 is 0. The number of nitrogens with zero attached hydrogens (tertiary/aromatic N) is 5. The fraction of sp³-hybridized carbons (Fsp3) is 0.217. The standard InChI is InChI=1S/C23H21N7O/c1-29-18-11-16(9-10-17(18)12-24-29)19-20(26-21(25-19)15-5-3-2-4-6-15)22-27-28-23(31)30(22)13-14-7-8-14/h2-6,9-12,14H,7-8,13H2,1H3,(H,25,26)(H,28,31). The third kappa shape index (κ3) is 3.07. The molecule has 0 amide bonds. The maximum atomic E-state index is 12.5. The van der Waals surface area contributed by atoms with Crippen molar-refractivity contribution in [1.82, 2.24) is 34.5 Å². The van der Waals surface area contributed by atoms with Gasteiger partial charge >= 0.3 is 5.69 Å². The highest BCUT2D eigenvalue weighted by atomic mass is 16.1. The van der Waals surface area contributed by atoms with E-state index in [0.29, 0.717) is 18.3 Å². The smallest absolute Gasteiger partial charge is 0.335 e. The summed E-state index contributed by atoms with van der Waals surface area (Å²) in [6.07, 6.45) is 4.15. The summed E-state index contributed by atoms with van der Waals surface area (Å²) in [5.41, 5.74) is 4.24. The second-order valence-electron chi connectivity index (χ2n) is 8.12. The molecule has 0 atom stereocenters. The first kappa shape index (κ1) is 17.9. The molecule has 2 aromatic carbocycles. The third-order valence-corrected chi connectivity index (χ3v) is 5.89. The lowest BCUT2D eigenvalue weighted by molar-refractivity contribution is 0.612. The number of benzene rings is 2. The fourth-order valence-electron chi connectivity index (χ4n) is 4.00. The molecule has 31 heavy (non-hydrogen) atoms. The fourth-order valence-corrected chi connectivity index (χ4v) is 4.00. The molecule has 0 saturated heterocycles. The van der Waals surface area contributed by atoms with Gasteiger partial charge in [-0.2, -0.15) is 10.2 Å². The van der Waals surface area contributed by atoms with Crippen LogP contribution in [0, 0.1) is 5.92 Å². The zero-order valence-electron chi connectivity index (χ0n) is 17.0. The van der Waals surface area contributed by atoms with Crippen LogP contribution in [0.2, 0.25) is 0 Å². The number of aryl methyl sites for hydroxylation is 1. The molecule has 6 rings (SSSR count). The van der Waals surface area contributed by atoms with Gasteiger partial charge in [-0.3, -0.25) is 9.25 Å². The van der Waals surface area contributed by atoms with Crippen molar-refractivity contribution in [3.63, 3.8) is 0 Å². The van der Waals surface area contributed by atoms with Crippen molar-refractivity contribution in [1.29, 1.82) is 0 Å². The molecule has 0 spiro atoms. The molecule has 2 N–H and O–H groups in total. The lowest BCUT2D eigenvalue weighted by atomic mass is 10.1. The molecular formula is C23H21N7O. The molecule has 8 nitrogen and oxygen atoms in total. The molecule has 154 valence electrons. The van der Waals surface area contributed by atoms with Crippen molar-refractivity contribution in [3.05, 3.63) is 65.2 Å². The Morgan fingerprint density at radius 2 is 1.94 bits per heavy atom. The minimum absolute atomic E-state index is 0.189. The Labute approximate surface area is 177 Å². The topological polar surface area (TPSA) is 97.2 Å². The summed E-state index contributed by atoms with van der Waals surface area (Å²) in [4.78, 5) is 20.9. The van der Waals surface area contributed by atoms with Crippen molar-refractivity contribution in [2.75, 3.05) is 0 Å². The van der Waals surface area contributed by atoms with Crippen LogP contribution in [0.4, 0.5) is 0 Å². The van der Waals surface area contributed by atoms with Crippen molar-refractivity contribution < 1.29 is 0 Å². The normalized spacial score (nSPS) is 13.8. The second kappa shape index (κ2) is 6.80. The van der Waals surface area contributed by atoms with Gasteiger partial charge < -0.3 is 4.98 Å². The second-order valence-corrected chi connectivity index (χ2v) is 8.12. The molecule has 3 heterocycles. The van der Waals surface area contributed by atoms with Crippen LogP contribution in [0.15, 0.2) is 59.5 Å². The largest absolute Gasteiger partial charge is 0.343 e. The molecule has 3 aromatic heterocycles. The lowest BCUT2D eigenvalue weighted by Gasteiger charge is -2.06. The molecule has 1 aliphatic rings. The van der Waals surface area contributed by atoms with Gasteiger partial charge in [-0.1, -0.05) is 42.5 Å². The third-order valence-electron chi connectivity index (χ3n) is 5.89. The summed E-state index contributed by atoms with van der Waals surface area (Å²) in [6, 6.07) is 16.1. The number of hydrogen-bond acceptors (Lipinski definition) is 4. The Kier molecular flexibility index (Phi) is 3.92. The number of imidazole rings is 1. The van der Waals surface area contributed by atoms with Gasteiger partial charge in [-0.05, 0) is 24.8 Å². The van der Waals surface area contributed by atoms with Crippen molar-refractivity contribution >= 4 is 10.9 Å². The molecule has 0 aliphatic heterocycles. The molecule has 5 aromatic rings. The van der Waals surface area contributed by atoms with E-state index in [1.807, 2.05) is 60.4 Å². The van der Waals surface area contributed by atoms with Crippen LogP contribution < -0.4 is 5.69 Å². The Hall–Kier alpha value is -3.94. The summed E-state index contributed by atoms with van der Waals surface area (Å²) < 4.78 is 3.58. The Morgan fingerprint density at radius 1 is 1.10 bits per heavy atom. The highest BCUT2D eigenvalue weighted by molar-refractivity contribution is 5.87. The van der Waals surface area contributed by atoms with E-state index in [0.717, 1.165) is 52.1 Å². The molecule has 0 bridgehead atoms. The Balaban J connectivity index is 1.57. The SMILES string of the molecule is Cn1ncc2ccc(-c3nc(-c4ccccc4)[nH]c3-c3n[nH]c(=O)n3CC3CC3)cc21. The maximum absolute atomic E-state index is 12.5. The predicted octanol–water partition coefficient (Wildman–Crippen LogP) is 3.59. The highest BCUT2D eigenvalue weighted by Gasteiger charge is 2.27. The van der Waals surface area contributed by atoms with Gasteiger partial charge in [0.05, 0.1) is 11.7 Å². The minimum Gasteiger partial charge on any atom is -0.335 e. The highest BCUT2D eigenvalue weighted by Crippen LogP contribution is 2.35. The van der Waals surface area contributed by atoms with Crippen molar-refractivity contribution in [2.45, 2.75) is 19.4 Å². The molecule has 1 saturated carbocycles. The van der Waals surface area contributed by atoms with Crippen LogP contribution >= 0.6 is 0 Å². The molecule has 0 radical (unpaired) electrons.